The van der Waals surface area contributed by atoms with Crippen molar-refractivity contribution in [3.63, 3.8) is 0 Å². The monoisotopic (exact) mass is 402 g/mol. The van der Waals surface area contributed by atoms with Gasteiger partial charge in [-0.15, -0.1) is 0 Å². The summed E-state index contributed by atoms with van der Waals surface area (Å²) < 4.78 is 37.0. The van der Waals surface area contributed by atoms with E-state index in [1.54, 1.807) is 24.3 Å². The van der Waals surface area contributed by atoms with E-state index < -0.39 is 26.7 Å². The summed E-state index contributed by atoms with van der Waals surface area (Å²) in [6, 6.07) is 12.9. The normalized spacial score (nSPS) is 15.8. The van der Waals surface area contributed by atoms with Crippen molar-refractivity contribution in [3.8, 4) is 16.9 Å². The van der Waals surface area contributed by atoms with Gasteiger partial charge in [0.25, 0.3) is 5.91 Å². The van der Waals surface area contributed by atoms with Gasteiger partial charge in [-0.2, -0.15) is 5.10 Å². The molecule has 1 unspecified atom stereocenters. The largest absolute Gasteiger partial charge is 0.364 e. The quantitative estimate of drug-likeness (QED) is 0.670. The van der Waals surface area contributed by atoms with Crippen LogP contribution in [0.3, 0.4) is 0 Å². The molecule has 8 nitrogen and oxygen atoms in total. The molecule has 1 atom stereocenters. The summed E-state index contributed by atoms with van der Waals surface area (Å²) in [5.74, 6) is -0.595. The van der Waals surface area contributed by atoms with E-state index in [1.807, 2.05) is 0 Å². The van der Waals surface area contributed by atoms with Gasteiger partial charge >= 0.3 is 0 Å². The highest BCUT2D eigenvalue weighted by molar-refractivity contribution is 7.89. The van der Waals surface area contributed by atoms with Crippen LogP contribution in [0.4, 0.5) is 0 Å². The molecule has 0 bridgehead atoms. The Morgan fingerprint density at radius 2 is 1.78 bits per heavy atom. The van der Waals surface area contributed by atoms with E-state index in [2.05, 4.69) is 5.10 Å². The Morgan fingerprint density at radius 1 is 1.11 bits per heavy atom. The first-order chi connectivity index (χ1) is 12.8. The number of fused-ring (bicyclic) bond motifs is 3. The Bertz CT molecular complexity index is 1210. The minimum absolute atomic E-state index is 0.0381. The zero-order valence-corrected chi connectivity index (χ0v) is 15.5. The van der Waals surface area contributed by atoms with Crippen LogP contribution in [-0.2, 0) is 26.6 Å². The summed E-state index contributed by atoms with van der Waals surface area (Å²) >= 11 is 0. The number of rotatable bonds is 3. The van der Waals surface area contributed by atoms with Gasteiger partial charge in [0.15, 0.2) is 5.69 Å². The fourth-order valence-electron chi connectivity index (χ4n) is 3.10. The van der Waals surface area contributed by atoms with Crippen LogP contribution in [0.2, 0.25) is 0 Å². The van der Waals surface area contributed by atoms with E-state index in [4.69, 9.17) is 10.9 Å². The molecule has 0 radical (unpaired) electrons. The van der Waals surface area contributed by atoms with Gasteiger partial charge in [-0.3, -0.25) is 9.00 Å². The second-order valence-electron chi connectivity index (χ2n) is 5.98. The Morgan fingerprint density at radius 3 is 2.41 bits per heavy atom. The van der Waals surface area contributed by atoms with Gasteiger partial charge in [0, 0.05) is 16.0 Å². The maximum atomic E-state index is 12.6. The van der Waals surface area contributed by atoms with Crippen molar-refractivity contribution in [2.45, 2.75) is 15.5 Å². The number of benzene rings is 2. The summed E-state index contributed by atoms with van der Waals surface area (Å²) in [5.41, 5.74) is 7.84. The first kappa shape index (κ1) is 17.6. The highest BCUT2D eigenvalue weighted by Crippen LogP contribution is 2.38. The number of sulfonamides is 1. The highest BCUT2D eigenvalue weighted by atomic mass is 32.2. The molecule has 0 saturated carbocycles. The van der Waals surface area contributed by atoms with Gasteiger partial charge < -0.3 is 5.73 Å². The van der Waals surface area contributed by atoms with Crippen molar-refractivity contribution in [1.82, 2.24) is 9.78 Å². The minimum Gasteiger partial charge on any atom is -0.364 e. The highest BCUT2D eigenvalue weighted by Gasteiger charge is 2.31. The van der Waals surface area contributed by atoms with Crippen molar-refractivity contribution in [3.05, 3.63) is 59.8 Å². The van der Waals surface area contributed by atoms with Crippen LogP contribution in [0.25, 0.3) is 16.9 Å². The Hall–Kier alpha value is -2.82. The number of primary amides is 1. The zero-order chi connectivity index (χ0) is 19.3. The average Bonchev–Trinajstić information content (AvgIpc) is 3.01. The SMILES string of the molecule is NC(=O)c1nn(-c2ccc(S(N)(=O)=O)cc2)c2c1CS(=O)c1ccccc1-2. The first-order valence-corrected chi connectivity index (χ1v) is 10.7. The van der Waals surface area contributed by atoms with Crippen LogP contribution < -0.4 is 10.9 Å². The molecule has 10 heteroatoms. The Labute approximate surface area is 157 Å². The third-order valence-electron chi connectivity index (χ3n) is 4.29. The van der Waals surface area contributed by atoms with Crippen LogP contribution in [0.5, 0.6) is 0 Å². The number of carbonyl (C=O) groups is 1. The standard InChI is InChI=1S/C17H14N4O4S2/c18-17(22)15-13-9-26(23)14-4-2-1-3-12(14)16(13)21(20-15)10-5-7-11(8-6-10)27(19,24)25/h1-8H,9H2,(H2,18,22)(H2,19,24,25). The third kappa shape index (κ3) is 2.87. The van der Waals surface area contributed by atoms with Gasteiger partial charge in [0.2, 0.25) is 10.0 Å². The molecule has 1 amide bonds. The van der Waals surface area contributed by atoms with E-state index in [-0.39, 0.29) is 16.3 Å². The molecule has 138 valence electrons. The second-order valence-corrected chi connectivity index (χ2v) is 8.96. The first-order valence-electron chi connectivity index (χ1n) is 7.80. The number of hydrogen-bond donors (Lipinski definition) is 2. The number of nitrogens with two attached hydrogens (primary N) is 2. The average molecular weight is 402 g/mol. The Kier molecular flexibility index (Phi) is 3.98. The Balaban J connectivity index is 1.98. The molecular weight excluding hydrogens is 388 g/mol. The summed E-state index contributed by atoms with van der Waals surface area (Å²) in [6.07, 6.45) is 0. The molecule has 2 aromatic carbocycles. The number of primary sulfonamides is 1. The molecule has 1 aliphatic heterocycles. The molecular formula is C17H14N4O4S2. The van der Waals surface area contributed by atoms with Gasteiger partial charge in [0.1, 0.15) is 0 Å². The van der Waals surface area contributed by atoms with E-state index in [1.165, 1.54) is 28.9 Å². The van der Waals surface area contributed by atoms with Crippen LogP contribution in [-0.4, -0.2) is 28.3 Å². The maximum Gasteiger partial charge on any atom is 0.269 e. The van der Waals surface area contributed by atoms with Crippen LogP contribution in [0.15, 0.2) is 58.3 Å². The van der Waals surface area contributed by atoms with Crippen LogP contribution in [0, 0.1) is 0 Å². The lowest BCUT2D eigenvalue weighted by Gasteiger charge is -2.18. The van der Waals surface area contributed by atoms with E-state index in [9.17, 15) is 17.4 Å². The molecule has 0 fully saturated rings. The van der Waals surface area contributed by atoms with E-state index in [0.29, 0.717) is 27.4 Å². The molecule has 1 aromatic heterocycles. The topological polar surface area (TPSA) is 138 Å². The number of hydrogen-bond acceptors (Lipinski definition) is 5. The van der Waals surface area contributed by atoms with Crippen molar-refractivity contribution in [2.24, 2.45) is 10.9 Å². The fraction of sp³-hybridized carbons (Fsp3) is 0.0588. The van der Waals surface area contributed by atoms with Crippen molar-refractivity contribution < 1.29 is 17.4 Å². The number of nitrogens with zero attached hydrogens (tertiary/aromatic N) is 2. The molecule has 4 rings (SSSR count). The van der Waals surface area contributed by atoms with Crippen molar-refractivity contribution in [1.29, 1.82) is 0 Å². The smallest absolute Gasteiger partial charge is 0.269 e. The lowest BCUT2D eigenvalue weighted by molar-refractivity contribution is 0.0994. The molecule has 2 heterocycles. The number of carbonyl (C=O) groups excluding carboxylic acids is 1. The summed E-state index contributed by atoms with van der Waals surface area (Å²) in [7, 11) is -5.15. The lowest BCUT2D eigenvalue weighted by atomic mass is 10.1. The third-order valence-corrected chi connectivity index (χ3v) is 6.62. The molecule has 4 N–H and O–H groups in total. The predicted molar refractivity (Wildman–Crippen MR) is 99.0 cm³/mol. The van der Waals surface area contributed by atoms with Crippen molar-refractivity contribution in [2.75, 3.05) is 0 Å². The van der Waals surface area contributed by atoms with Gasteiger partial charge in [-0.05, 0) is 30.3 Å². The molecule has 1 aliphatic rings. The van der Waals surface area contributed by atoms with E-state index in [0.717, 1.165) is 0 Å². The minimum atomic E-state index is -3.83. The second kappa shape index (κ2) is 6.12. The van der Waals surface area contributed by atoms with Gasteiger partial charge in [0.05, 0.1) is 32.8 Å². The summed E-state index contributed by atoms with van der Waals surface area (Å²) in [4.78, 5) is 12.5. The van der Waals surface area contributed by atoms with Crippen LogP contribution in [0.1, 0.15) is 16.1 Å². The molecule has 0 saturated heterocycles. The lowest BCUT2D eigenvalue weighted by Crippen LogP contribution is -2.16. The molecule has 3 aromatic rings. The van der Waals surface area contributed by atoms with Gasteiger partial charge in [-0.25, -0.2) is 18.2 Å². The van der Waals surface area contributed by atoms with Gasteiger partial charge in [-0.1, -0.05) is 18.2 Å². The van der Waals surface area contributed by atoms with Crippen LogP contribution >= 0.6 is 0 Å². The van der Waals surface area contributed by atoms with Crippen molar-refractivity contribution >= 4 is 26.7 Å². The molecule has 0 spiro atoms. The predicted octanol–water partition coefficient (Wildman–Crippen LogP) is 0.907. The zero-order valence-electron chi connectivity index (χ0n) is 13.8. The fourth-order valence-corrected chi connectivity index (χ4v) is 4.94. The summed E-state index contributed by atoms with van der Waals surface area (Å²) in [6.45, 7) is 0. The number of aromatic nitrogens is 2. The molecule has 27 heavy (non-hydrogen) atoms. The number of amides is 1. The molecule has 0 aliphatic carbocycles. The summed E-state index contributed by atoms with van der Waals surface area (Å²) in [5, 5.41) is 9.45. The van der Waals surface area contributed by atoms with E-state index >= 15 is 0 Å². The maximum absolute atomic E-state index is 12.6.